The van der Waals surface area contributed by atoms with Crippen LogP contribution in [-0.2, 0) is 0 Å². The third-order valence-electron chi connectivity index (χ3n) is 5.58. The quantitative estimate of drug-likeness (QED) is 0.219. The number of nitrogen functional groups attached to an aromatic ring is 1. The van der Waals surface area contributed by atoms with E-state index in [4.69, 9.17) is 26.8 Å². The molecule has 0 aliphatic carbocycles. The molecule has 0 fully saturated rings. The second-order valence-corrected chi connectivity index (χ2v) is 12.1. The van der Waals surface area contributed by atoms with E-state index in [-0.39, 0.29) is 11.1 Å². The molecule has 5 nitrogen and oxygen atoms in total. The number of nitrogens with two attached hydrogens (primary N) is 1. The number of para-hydroxylation sites is 1. The van der Waals surface area contributed by atoms with Gasteiger partial charge in [-0.25, -0.2) is 0 Å². The van der Waals surface area contributed by atoms with Crippen molar-refractivity contribution in [1.82, 2.24) is 0 Å². The van der Waals surface area contributed by atoms with Crippen molar-refractivity contribution in [3.05, 3.63) is 64.7 Å². The SMILES string of the molecule is CC(C)CCOc1c(C#N)c(C#N)c(OCCC(C)C)c(Sc2ccccc2N)c1Sc1cccc(Cl)c1. The summed E-state index contributed by atoms with van der Waals surface area (Å²) in [5.74, 6) is 1.58. The third-order valence-corrected chi connectivity index (χ3v) is 8.21. The average Bonchev–Trinajstić information content (AvgIpc) is 2.87. The summed E-state index contributed by atoms with van der Waals surface area (Å²) < 4.78 is 12.6. The van der Waals surface area contributed by atoms with E-state index in [1.165, 1.54) is 23.5 Å². The van der Waals surface area contributed by atoms with Gasteiger partial charge in [0.2, 0.25) is 0 Å². The lowest BCUT2D eigenvalue weighted by Crippen LogP contribution is -2.09. The highest BCUT2D eigenvalue weighted by Crippen LogP contribution is 2.53. The van der Waals surface area contributed by atoms with Crippen molar-refractivity contribution in [2.24, 2.45) is 11.8 Å². The van der Waals surface area contributed by atoms with Crippen LogP contribution in [0.15, 0.2) is 68.1 Å². The van der Waals surface area contributed by atoms with Crippen LogP contribution in [-0.4, -0.2) is 13.2 Å². The number of anilines is 1. The second-order valence-electron chi connectivity index (χ2n) is 9.55. The molecule has 0 aliphatic heterocycles. The topological polar surface area (TPSA) is 92.1 Å². The molecule has 0 amide bonds. The fourth-order valence-corrected chi connectivity index (χ4v) is 5.96. The molecule has 38 heavy (non-hydrogen) atoms. The van der Waals surface area contributed by atoms with E-state index < -0.39 is 0 Å². The summed E-state index contributed by atoms with van der Waals surface area (Å²) in [6, 6.07) is 19.5. The van der Waals surface area contributed by atoms with Gasteiger partial charge >= 0.3 is 0 Å². The van der Waals surface area contributed by atoms with Gasteiger partial charge in [0.1, 0.15) is 23.3 Å². The molecule has 0 aliphatic rings. The molecule has 3 aromatic carbocycles. The number of hydrogen-bond donors (Lipinski definition) is 1. The van der Waals surface area contributed by atoms with Gasteiger partial charge in [-0.05, 0) is 55.0 Å². The van der Waals surface area contributed by atoms with E-state index in [1.807, 2.05) is 48.5 Å². The molecule has 0 heterocycles. The van der Waals surface area contributed by atoms with Crippen LogP contribution in [0.25, 0.3) is 0 Å². The van der Waals surface area contributed by atoms with E-state index in [9.17, 15) is 10.5 Å². The van der Waals surface area contributed by atoms with Gasteiger partial charge in [-0.3, -0.25) is 0 Å². The van der Waals surface area contributed by atoms with Crippen LogP contribution in [0.1, 0.15) is 51.7 Å². The normalized spacial score (nSPS) is 10.9. The number of benzene rings is 3. The average molecular weight is 566 g/mol. The van der Waals surface area contributed by atoms with Crippen molar-refractivity contribution in [1.29, 1.82) is 10.5 Å². The van der Waals surface area contributed by atoms with Gasteiger partial charge in [0, 0.05) is 20.5 Å². The lowest BCUT2D eigenvalue weighted by molar-refractivity contribution is 0.269. The summed E-state index contributed by atoms with van der Waals surface area (Å²) in [6.07, 6.45) is 1.60. The Balaban J connectivity index is 2.30. The Hall–Kier alpha value is -2.97. The first-order valence-electron chi connectivity index (χ1n) is 12.5. The molecule has 198 valence electrons. The Morgan fingerprint density at radius 1 is 0.816 bits per heavy atom. The van der Waals surface area contributed by atoms with Crippen molar-refractivity contribution in [3.8, 4) is 23.6 Å². The number of nitriles is 2. The fraction of sp³-hybridized carbons (Fsp3) is 0.333. The summed E-state index contributed by atoms with van der Waals surface area (Å²) in [5, 5.41) is 21.1. The highest BCUT2D eigenvalue weighted by molar-refractivity contribution is 8.02. The minimum atomic E-state index is 0.170. The van der Waals surface area contributed by atoms with Crippen molar-refractivity contribution in [2.75, 3.05) is 18.9 Å². The first kappa shape index (κ1) is 29.6. The maximum absolute atomic E-state index is 10.2. The fourth-order valence-electron chi connectivity index (χ4n) is 3.46. The van der Waals surface area contributed by atoms with Crippen LogP contribution in [0.5, 0.6) is 11.5 Å². The van der Waals surface area contributed by atoms with Gasteiger partial charge < -0.3 is 15.2 Å². The highest BCUT2D eigenvalue weighted by Gasteiger charge is 2.29. The molecule has 0 bridgehead atoms. The van der Waals surface area contributed by atoms with Crippen molar-refractivity contribution in [3.63, 3.8) is 0 Å². The van der Waals surface area contributed by atoms with Crippen molar-refractivity contribution < 1.29 is 9.47 Å². The van der Waals surface area contributed by atoms with E-state index in [0.717, 1.165) is 22.6 Å². The maximum atomic E-state index is 10.2. The van der Waals surface area contributed by atoms with Gasteiger partial charge in [0.15, 0.2) is 11.5 Å². The summed E-state index contributed by atoms with van der Waals surface area (Å²) in [5.41, 5.74) is 7.27. The number of halogens is 1. The minimum absolute atomic E-state index is 0.170. The number of nitrogens with zero attached hydrogens (tertiary/aromatic N) is 2. The predicted octanol–water partition coefficient (Wildman–Crippen LogP) is 8.82. The largest absolute Gasteiger partial charge is 0.491 e. The van der Waals surface area contributed by atoms with Gasteiger partial charge in [-0.15, -0.1) is 0 Å². The second kappa shape index (κ2) is 14.3. The number of rotatable bonds is 12. The summed E-state index contributed by atoms with van der Waals surface area (Å²) in [4.78, 5) is 3.07. The molecule has 0 spiro atoms. The van der Waals surface area contributed by atoms with Crippen LogP contribution in [0.3, 0.4) is 0 Å². The van der Waals surface area contributed by atoms with Gasteiger partial charge in [-0.2, -0.15) is 10.5 Å². The van der Waals surface area contributed by atoms with Crippen LogP contribution >= 0.6 is 35.1 Å². The molecule has 0 atom stereocenters. The Kier molecular flexibility index (Phi) is 11.1. The van der Waals surface area contributed by atoms with Crippen molar-refractivity contribution >= 4 is 40.8 Å². The highest BCUT2D eigenvalue weighted by atomic mass is 35.5. The molecule has 0 radical (unpaired) electrons. The van der Waals surface area contributed by atoms with E-state index in [2.05, 4.69) is 39.8 Å². The molecule has 0 aromatic heterocycles. The molecule has 3 aromatic rings. The Morgan fingerprint density at radius 2 is 1.37 bits per heavy atom. The molecular formula is C30H32ClN3O2S2. The van der Waals surface area contributed by atoms with Gasteiger partial charge in [-0.1, -0.05) is 81.0 Å². The zero-order chi connectivity index (χ0) is 27.7. The zero-order valence-corrected chi connectivity index (χ0v) is 24.5. The smallest absolute Gasteiger partial charge is 0.153 e. The Labute approximate surface area is 239 Å². The van der Waals surface area contributed by atoms with Crippen LogP contribution in [0.4, 0.5) is 5.69 Å². The molecule has 0 saturated carbocycles. The lowest BCUT2D eigenvalue weighted by Gasteiger charge is -2.22. The van der Waals surface area contributed by atoms with Gasteiger partial charge in [0.05, 0.1) is 23.0 Å². The first-order chi connectivity index (χ1) is 18.2. The molecular weight excluding hydrogens is 534 g/mol. The van der Waals surface area contributed by atoms with Gasteiger partial charge in [0.25, 0.3) is 0 Å². The molecule has 8 heteroatoms. The van der Waals surface area contributed by atoms with Crippen molar-refractivity contribution in [2.45, 2.75) is 60.1 Å². The molecule has 0 saturated heterocycles. The van der Waals surface area contributed by atoms with E-state index >= 15 is 0 Å². The lowest BCUT2D eigenvalue weighted by atomic mass is 10.1. The van der Waals surface area contributed by atoms with E-state index in [1.54, 1.807) is 0 Å². The monoisotopic (exact) mass is 565 g/mol. The van der Waals surface area contributed by atoms with E-state index in [0.29, 0.717) is 57.0 Å². The van der Waals surface area contributed by atoms with Crippen LogP contribution in [0.2, 0.25) is 5.02 Å². The number of hydrogen-bond acceptors (Lipinski definition) is 7. The maximum Gasteiger partial charge on any atom is 0.153 e. The number of ether oxygens (including phenoxy) is 2. The summed E-state index contributed by atoms with van der Waals surface area (Å²) in [6.45, 7) is 9.27. The summed E-state index contributed by atoms with van der Waals surface area (Å²) >= 11 is 9.15. The Bertz CT molecular complexity index is 1350. The minimum Gasteiger partial charge on any atom is -0.491 e. The predicted molar refractivity (Wildman–Crippen MR) is 156 cm³/mol. The van der Waals surface area contributed by atoms with Crippen LogP contribution in [0, 0.1) is 34.5 Å². The van der Waals surface area contributed by atoms with Crippen LogP contribution < -0.4 is 15.2 Å². The standard InChI is InChI=1S/C30H32ClN3O2S2/c1-19(2)12-14-35-27-23(17-32)24(18-33)28(36-15-13-20(3)4)30(38-26-11-6-5-10-25(26)34)29(27)37-22-9-7-8-21(31)16-22/h5-11,16,19-20H,12-15,34H2,1-4H3. The molecule has 0 unspecified atom stereocenters. The zero-order valence-electron chi connectivity index (χ0n) is 22.1. The molecule has 3 rings (SSSR count). The first-order valence-corrected chi connectivity index (χ1v) is 14.5. The summed E-state index contributed by atoms with van der Waals surface area (Å²) in [7, 11) is 0. The Morgan fingerprint density at radius 3 is 1.87 bits per heavy atom. The molecule has 2 N–H and O–H groups in total. The third kappa shape index (κ3) is 7.77.